The number of benzene rings is 1. The fourth-order valence-electron chi connectivity index (χ4n) is 2.32. The second-order valence-corrected chi connectivity index (χ2v) is 5.56. The van der Waals surface area contributed by atoms with E-state index in [0.717, 1.165) is 24.3 Å². The second-order valence-electron chi connectivity index (χ2n) is 5.56. The number of aromatic nitrogens is 2. The number of anilines is 1. The molecule has 0 radical (unpaired) electrons. The summed E-state index contributed by atoms with van der Waals surface area (Å²) < 4.78 is 1.80. The Bertz CT molecular complexity index is 698. The smallest absolute Gasteiger partial charge is 0.249 e. The predicted molar refractivity (Wildman–Crippen MR) is 90.8 cm³/mol. The maximum absolute atomic E-state index is 12.1. The van der Waals surface area contributed by atoms with Crippen molar-refractivity contribution in [2.24, 2.45) is 0 Å². The van der Waals surface area contributed by atoms with Gasteiger partial charge in [0.05, 0.1) is 6.20 Å². The van der Waals surface area contributed by atoms with Crippen molar-refractivity contribution in [3.63, 3.8) is 0 Å². The fraction of sp³-hybridized carbons (Fsp3) is 0.333. The van der Waals surface area contributed by atoms with Crippen molar-refractivity contribution in [2.45, 2.75) is 40.7 Å². The average molecular weight is 297 g/mol. The normalized spacial score (nSPS) is 11.1. The van der Waals surface area contributed by atoms with Crippen LogP contribution in [0.15, 0.2) is 30.5 Å². The zero-order valence-corrected chi connectivity index (χ0v) is 13.7. The minimum absolute atomic E-state index is 0.143. The lowest BCUT2D eigenvalue weighted by molar-refractivity contribution is -0.111. The highest BCUT2D eigenvalue weighted by molar-refractivity contribution is 6.01. The average Bonchev–Trinajstić information content (AvgIpc) is 2.89. The van der Waals surface area contributed by atoms with E-state index >= 15 is 0 Å². The minimum atomic E-state index is -0.143. The van der Waals surface area contributed by atoms with Crippen LogP contribution in [0.4, 0.5) is 5.82 Å². The van der Waals surface area contributed by atoms with Crippen LogP contribution in [0.3, 0.4) is 0 Å². The first-order valence-electron chi connectivity index (χ1n) is 7.60. The SMILES string of the molecule is CCCn1nccc1NC(=O)/C=C/c1cc(C)c(C)cc1C. The summed E-state index contributed by atoms with van der Waals surface area (Å²) in [6, 6.07) is 6.06. The van der Waals surface area contributed by atoms with Crippen molar-refractivity contribution in [1.82, 2.24) is 9.78 Å². The number of hydrogen-bond acceptors (Lipinski definition) is 2. The molecule has 0 saturated carbocycles. The van der Waals surface area contributed by atoms with Gasteiger partial charge in [-0.05, 0) is 55.5 Å². The van der Waals surface area contributed by atoms with Gasteiger partial charge in [-0.15, -0.1) is 0 Å². The summed E-state index contributed by atoms with van der Waals surface area (Å²) in [6.07, 6.45) is 6.10. The molecule has 0 spiro atoms. The highest BCUT2D eigenvalue weighted by atomic mass is 16.1. The van der Waals surface area contributed by atoms with E-state index in [4.69, 9.17) is 0 Å². The summed E-state index contributed by atoms with van der Waals surface area (Å²) in [6.45, 7) is 9.10. The molecule has 22 heavy (non-hydrogen) atoms. The summed E-state index contributed by atoms with van der Waals surface area (Å²) in [4.78, 5) is 12.1. The number of rotatable bonds is 5. The molecule has 1 aromatic carbocycles. The Morgan fingerprint density at radius 2 is 1.95 bits per heavy atom. The Labute approximate surface area is 131 Å². The van der Waals surface area contributed by atoms with Crippen molar-refractivity contribution in [3.8, 4) is 0 Å². The Kier molecular flexibility index (Phi) is 5.15. The first-order chi connectivity index (χ1) is 10.5. The lowest BCUT2D eigenvalue weighted by atomic mass is 10.0. The van der Waals surface area contributed by atoms with E-state index < -0.39 is 0 Å². The van der Waals surface area contributed by atoms with Crippen LogP contribution in [0.2, 0.25) is 0 Å². The Balaban J connectivity index is 2.08. The van der Waals surface area contributed by atoms with Crippen molar-refractivity contribution in [1.29, 1.82) is 0 Å². The molecule has 4 heteroatoms. The van der Waals surface area contributed by atoms with E-state index in [1.165, 1.54) is 16.7 Å². The van der Waals surface area contributed by atoms with Crippen LogP contribution >= 0.6 is 0 Å². The highest BCUT2D eigenvalue weighted by Gasteiger charge is 2.05. The van der Waals surface area contributed by atoms with Crippen LogP contribution in [0.1, 0.15) is 35.6 Å². The molecule has 0 fully saturated rings. The molecule has 2 rings (SSSR count). The summed E-state index contributed by atoms with van der Waals surface area (Å²) >= 11 is 0. The quantitative estimate of drug-likeness (QED) is 0.852. The summed E-state index contributed by atoms with van der Waals surface area (Å²) in [5.74, 6) is 0.587. The van der Waals surface area contributed by atoms with Gasteiger partial charge >= 0.3 is 0 Å². The van der Waals surface area contributed by atoms with Gasteiger partial charge in [0.2, 0.25) is 5.91 Å². The molecular formula is C18H23N3O. The molecular weight excluding hydrogens is 274 g/mol. The van der Waals surface area contributed by atoms with Crippen LogP contribution < -0.4 is 5.32 Å². The number of nitrogens with zero attached hydrogens (tertiary/aromatic N) is 2. The van der Waals surface area contributed by atoms with Gasteiger partial charge in [-0.2, -0.15) is 5.10 Å². The van der Waals surface area contributed by atoms with Crippen molar-refractivity contribution in [2.75, 3.05) is 5.32 Å². The van der Waals surface area contributed by atoms with Crippen molar-refractivity contribution >= 4 is 17.8 Å². The molecule has 0 saturated heterocycles. The monoisotopic (exact) mass is 297 g/mol. The van der Waals surface area contributed by atoms with Gasteiger partial charge in [0, 0.05) is 18.7 Å². The van der Waals surface area contributed by atoms with Gasteiger partial charge < -0.3 is 5.32 Å². The number of aryl methyl sites for hydroxylation is 4. The lowest BCUT2D eigenvalue weighted by Gasteiger charge is -2.07. The van der Waals surface area contributed by atoms with Crippen LogP contribution in [-0.4, -0.2) is 15.7 Å². The molecule has 0 aliphatic carbocycles. The highest BCUT2D eigenvalue weighted by Crippen LogP contribution is 2.16. The molecule has 4 nitrogen and oxygen atoms in total. The zero-order chi connectivity index (χ0) is 16.1. The van der Waals surface area contributed by atoms with E-state index in [0.29, 0.717) is 0 Å². The summed E-state index contributed by atoms with van der Waals surface area (Å²) in [5, 5.41) is 7.06. The van der Waals surface area contributed by atoms with Crippen LogP contribution in [0.25, 0.3) is 6.08 Å². The third-order valence-corrected chi connectivity index (χ3v) is 3.70. The molecule has 0 bridgehead atoms. The minimum Gasteiger partial charge on any atom is -0.307 e. The summed E-state index contributed by atoms with van der Waals surface area (Å²) in [7, 11) is 0. The van der Waals surface area contributed by atoms with Crippen LogP contribution in [0.5, 0.6) is 0 Å². The molecule has 0 atom stereocenters. The molecule has 1 aromatic heterocycles. The molecule has 116 valence electrons. The van der Waals surface area contributed by atoms with Gasteiger partial charge in [0.1, 0.15) is 5.82 Å². The number of hydrogen-bond donors (Lipinski definition) is 1. The van der Waals surface area contributed by atoms with Crippen LogP contribution in [-0.2, 0) is 11.3 Å². The Morgan fingerprint density at radius 1 is 1.23 bits per heavy atom. The van der Waals surface area contributed by atoms with Gasteiger partial charge in [-0.1, -0.05) is 19.1 Å². The van der Waals surface area contributed by atoms with Crippen molar-refractivity contribution < 1.29 is 4.79 Å². The molecule has 1 N–H and O–H groups in total. The first kappa shape index (κ1) is 16.0. The molecule has 1 amide bonds. The zero-order valence-electron chi connectivity index (χ0n) is 13.7. The molecule has 0 aliphatic heterocycles. The largest absolute Gasteiger partial charge is 0.307 e. The number of carbonyl (C=O) groups excluding carboxylic acids is 1. The molecule has 0 aliphatic rings. The second kappa shape index (κ2) is 7.07. The molecule has 0 unspecified atom stereocenters. The number of carbonyl (C=O) groups is 1. The third-order valence-electron chi connectivity index (χ3n) is 3.70. The molecule has 2 aromatic rings. The molecule has 1 heterocycles. The Hall–Kier alpha value is -2.36. The summed E-state index contributed by atoms with van der Waals surface area (Å²) in [5.41, 5.74) is 4.73. The fourth-order valence-corrected chi connectivity index (χ4v) is 2.32. The standard InChI is InChI=1S/C18H23N3O/c1-5-10-21-17(8-9-19-21)20-18(22)7-6-16-12-14(3)13(2)11-15(16)4/h6-9,11-12H,5,10H2,1-4H3,(H,20,22)/b7-6+. The van der Waals surface area contributed by atoms with E-state index in [-0.39, 0.29) is 5.91 Å². The van der Waals surface area contributed by atoms with Gasteiger partial charge in [-0.25, -0.2) is 4.68 Å². The van der Waals surface area contributed by atoms with Crippen LogP contribution in [0, 0.1) is 20.8 Å². The van der Waals surface area contributed by atoms with E-state index in [9.17, 15) is 4.79 Å². The Morgan fingerprint density at radius 3 is 2.68 bits per heavy atom. The van der Waals surface area contributed by atoms with E-state index in [1.54, 1.807) is 17.0 Å². The van der Waals surface area contributed by atoms with Gasteiger partial charge in [0.15, 0.2) is 0 Å². The maximum Gasteiger partial charge on any atom is 0.249 e. The van der Waals surface area contributed by atoms with Gasteiger partial charge in [0.25, 0.3) is 0 Å². The topological polar surface area (TPSA) is 46.9 Å². The van der Waals surface area contributed by atoms with E-state index in [1.807, 2.05) is 12.1 Å². The first-order valence-corrected chi connectivity index (χ1v) is 7.60. The number of nitrogens with one attached hydrogen (secondary N) is 1. The van der Waals surface area contributed by atoms with Gasteiger partial charge in [-0.3, -0.25) is 4.79 Å². The van der Waals surface area contributed by atoms with E-state index in [2.05, 4.69) is 50.2 Å². The predicted octanol–water partition coefficient (Wildman–Crippen LogP) is 3.87. The maximum atomic E-state index is 12.1. The lowest BCUT2D eigenvalue weighted by Crippen LogP contribution is -2.13. The van der Waals surface area contributed by atoms with Crippen molar-refractivity contribution in [3.05, 3.63) is 52.7 Å². The number of amides is 1. The third kappa shape index (κ3) is 3.85.